The van der Waals surface area contributed by atoms with Crippen LogP contribution in [-0.2, 0) is 6.54 Å². The van der Waals surface area contributed by atoms with Gasteiger partial charge in [-0.05, 0) is 19.9 Å². The zero-order valence-electron chi connectivity index (χ0n) is 13.7. The molecule has 0 fully saturated rings. The second kappa shape index (κ2) is 6.80. The van der Waals surface area contributed by atoms with E-state index in [1.807, 2.05) is 37.3 Å². The number of nitrogens with one attached hydrogen (secondary N) is 1. The molecule has 0 unspecified atom stereocenters. The average molecular weight is 324 g/mol. The molecule has 0 saturated carbocycles. The summed E-state index contributed by atoms with van der Waals surface area (Å²) in [5.74, 6) is -0.239. The van der Waals surface area contributed by atoms with Gasteiger partial charge in [0.25, 0.3) is 5.91 Å². The van der Waals surface area contributed by atoms with Gasteiger partial charge in [-0.25, -0.2) is 9.67 Å². The molecule has 2 aromatic heterocycles. The van der Waals surface area contributed by atoms with E-state index >= 15 is 0 Å². The summed E-state index contributed by atoms with van der Waals surface area (Å²) in [6.45, 7) is 4.29. The summed E-state index contributed by atoms with van der Waals surface area (Å²) in [7, 11) is 0. The normalized spacial score (nSPS) is 12.3. The predicted molar refractivity (Wildman–Crippen MR) is 92.7 cm³/mol. The number of fused-ring (bicyclic) bond motifs is 1. The highest BCUT2D eigenvalue weighted by Crippen LogP contribution is 2.25. The van der Waals surface area contributed by atoms with E-state index in [4.69, 9.17) is 0 Å². The number of rotatable bonds is 5. The molecule has 3 aromatic rings. The van der Waals surface area contributed by atoms with Gasteiger partial charge < -0.3 is 10.4 Å². The van der Waals surface area contributed by atoms with Crippen molar-refractivity contribution in [3.63, 3.8) is 0 Å². The number of carbonyl (C=O) groups is 1. The fourth-order valence-corrected chi connectivity index (χ4v) is 2.57. The van der Waals surface area contributed by atoms with E-state index in [9.17, 15) is 9.90 Å². The summed E-state index contributed by atoms with van der Waals surface area (Å²) in [6.07, 6.45) is 1.67. The van der Waals surface area contributed by atoms with Crippen molar-refractivity contribution in [2.24, 2.45) is 0 Å². The van der Waals surface area contributed by atoms with Crippen molar-refractivity contribution in [1.29, 1.82) is 0 Å². The van der Waals surface area contributed by atoms with Crippen LogP contribution in [0.25, 0.3) is 22.3 Å². The van der Waals surface area contributed by atoms with Gasteiger partial charge in [-0.3, -0.25) is 4.79 Å². The minimum absolute atomic E-state index is 0.111. The molecule has 124 valence electrons. The van der Waals surface area contributed by atoms with Crippen molar-refractivity contribution in [2.45, 2.75) is 26.4 Å². The topological polar surface area (TPSA) is 80.0 Å². The zero-order valence-corrected chi connectivity index (χ0v) is 13.7. The number of hydrogen-bond acceptors (Lipinski definition) is 4. The number of amides is 1. The lowest BCUT2D eigenvalue weighted by atomic mass is 10.1. The first-order valence-electron chi connectivity index (χ1n) is 7.97. The summed E-state index contributed by atoms with van der Waals surface area (Å²) in [6, 6.07) is 11.2. The van der Waals surface area contributed by atoms with E-state index in [1.165, 1.54) is 0 Å². The lowest BCUT2D eigenvalue weighted by Crippen LogP contribution is -2.35. The Balaban J connectivity index is 2.16. The fourth-order valence-electron chi connectivity index (χ4n) is 2.57. The largest absolute Gasteiger partial charge is 0.394 e. The van der Waals surface area contributed by atoms with Gasteiger partial charge in [-0.2, -0.15) is 5.10 Å². The number of benzene rings is 1. The predicted octanol–water partition coefficient (Wildman–Crippen LogP) is 2.23. The van der Waals surface area contributed by atoms with Crippen molar-refractivity contribution in [3.8, 4) is 11.3 Å². The quantitative estimate of drug-likeness (QED) is 0.754. The molecule has 0 saturated heterocycles. The van der Waals surface area contributed by atoms with Crippen molar-refractivity contribution in [1.82, 2.24) is 20.1 Å². The summed E-state index contributed by atoms with van der Waals surface area (Å²) in [5.41, 5.74) is 2.85. The average Bonchev–Trinajstić information content (AvgIpc) is 3.04. The Morgan fingerprint density at radius 3 is 2.75 bits per heavy atom. The maximum Gasteiger partial charge on any atom is 0.252 e. The van der Waals surface area contributed by atoms with Crippen LogP contribution < -0.4 is 5.32 Å². The SMILES string of the molecule is CCn1ncc2c(C(=O)N[C@H](C)CO)cc(-c3ccccc3)nc21. The van der Waals surface area contributed by atoms with Gasteiger partial charge in [0.1, 0.15) is 0 Å². The Kier molecular flexibility index (Phi) is 4.57. The van der Waals surface area contributed by atoms with Crippen molar-refractivity contribution in [3.05, 3.63) is 48.2 Å². The van der Waals surface area contributed by atoms with Crippen molar-refractivity contribution < 1.29 is 9.90 Å². The number of pyridine rings is 1. The Morgan fingerprint density at radius 2 is 2.08 bits per heavy atom. The third-order valence-corrected chi connectivity index (χ3v) is 3.87. The molecule has 0 bridgehead atoms. The molecule has 6 nitrogen and oxygen atoms in total. The van der Waals surface area contributed by atoms with Crippen LogP contribution in [0.1, 0.15) is 24.2 Å². The number of aryl methyl sites for hydroxylation is 1. The molecule has 2 heterocycles. The molecule has 0 aliphatic rings. The van der Waals surface area contributed by atoms with Gasteiger partial charge in [0, 0.05) is 18.2 Å². The Labute approximate surface area is 140 Å². The first-order chi connectivity index (χ1) is 11.6. The van der Waals surface area contributed by atoms with E-state index in [0.717, 1.165) is 11.3 Å². The van der Waals surface area contributed by atoms with Crippen molar-refractivity contribution >= 4 is 16.9 Å². The van der Waals surface area contributed by atoms with E-state index in [-0.39, 0.29) is 18.6 Å². The lowest BCUT2D eigenvalue weighted by Gasteiger charge is -2.12. The summed E-state index contributed by atoms with van der Waals surface area (Å²) in [4.78, 5) is 17.3. The Morgan fingerprint density at radius 1 is 1.33 bits per heavy atom. The summed E-state index contributed by atoms with van der Waals surface area (Å²) < 4.78 is 1.77. The van der Waals surface area contributed by atoms with Gasteiger partial charge in [0.2, 0.25) is 0 Å². The number of nitrogens with zero attached hydrogens (tertiary/aromatic N) is 3. The number of carbonyl (C=O) groups excluding carboxylic acids is 1. The molecule has 1 atom stereocenters. The number of hydrogen-bond donors (Lipinski definition) is 2. The molecule has 0 aliphatic carbocycles. The second-order valence-electron chi connectivity index (χ2n) is 5.68. The minimum Gasteiger partial charge on any atom is -0.394 e. The first kappa shape index (κ1) is 16.1. The highest BCUT2D eigenvalue weighted by molar-refractivity contribution is 6.06. The summed E-state index contributed by atoms with van der Waals surface area (Å²) >= 11 is 0. The second-order valence-corrected chi connectivity index (χ2v) is 5.68. The molecule has 0 radical (unpaired) electrons. The molecule has 6 heteroatoms. The Bertz CT molecular complexity index is 858. The van der Waals surface area contributed by atoms with Gasteiger partial charge in [-0.1, -0.05) is 30.3 Å². The number of aliphatic hydroxyl groups excluding tert-OH is 1. The molecule has 3 rings (SSSR count). The monoisotopic (exact) mass is 324 g/mol. The molecule has 1 aromatic carbocycles. The number of aromatic nitrogens is 3. The number of aliphatic hydroxyl groups is 1. The van der Waals surface area contributed by atoms with Crippen LogP contribution in [0, 0.1) is 0 Å². The van der Waals surface area contributed by atoms with Gasteiger partial charge >= 0.3 is 0 Å². The minimum atomic E-state index is -0.317. The maximum absolute atomic E-state index is 12.6. The van der Waals surface area contributed by atoms with Crippen LogP contribution in [0.4, 0.5) is 0 Å². The van der Waals surface area contributed by atoms with Crippen LogP contribution >= 0.6 is 0 Å². The van der Waals surface area contributed by atoms with E-state index in [1.54, 1.807) is 23.9 Å². The van der Waals surface area contributed by atoms with Crippen LogP contribution in [-0.4, -0.2) is 38.4 Å². The van der Waals surface area contributed by atoms with Gasteiger partial charge in [-0.15, -0.1) is 0 Å². The third-order valence-electron chi connectivity index (χ3n) is 3.87. The van der Waals surface area contributed by atoms with Gasteiger partial charge in [0.15, 0.2) is 5.65 Å². The molecule has 1 amide bonds. The molecular weight excluding hydrogens is 304 g/mol. The maximum atomic E-state index is 12.6. The molecule has 2 N–H and O–H groups in total. The molecule has 0 aliphatic heterocycles. The van der Waals surface area contributed by atoms with Crippen LogP contribution in [0.2, 0.25) is 0 Å². The van der Waals surface area contributed by atoms with E-state index < -0.39 is 0 Å². The highest BCUT2D eigenvalue weighted by Gasteiger charge is 2.18. The highest BCUT2D eigenvalue weighted by atomic mass is 16.3. The zero-order chi connectivity index (χ0) is 17.1. The Hall–Kier alpha value is -2.73. The van der Waals surface area contributed by atoms with Gasteiger partial charge in [0.05, 0.1) is 29.4 Å². The standard InChI is InChI=1S/C18H20N4O2/c1-3-22-17-15(10-19-22)14(18(24)20-12(2)11-23)9-16(21-17)13-7-5-4-6-8-13/h4-10,12,23H,3,11H2,1-2H3,(H,20,24)/t12-/m1/s1. The van der Waals surface area contributed by atoms with E-state index in [2.05, 4.69) is 15.4 Å². The smallest absolute Gasteiger partial charge is 0.252 e. The molecular formula is C18H20N4O2. The van der Waals surface area contributed by atoms with Crippen LogP contribution in [0.3, 0.4) is 0 Å². The van der Waals surface area contributed by atoms with Crippen LogP contribution in [0.15, 0.2) is 42.6 Å². The molecule has 24 heavy (non-hydrogen) atoms. The first-order valence-corrected chi connectivity index (χ1v) is 7.97. The van der Waals surface area contributed by atoms with Crippen LogP contribution in [0.5, 0.6) is 0 Å². The fraction of sp³-hybridized carbons (Fsp3) is 0.278. The lowest BCUT2D eigenvalue weighted by molar-refractivity contribution is 0.0924. The molecule has 0 spiro atoms. The summed E-state index contributed by atoms with van der Waals surface area (Å²) in [5, 5.41) is 17.0. The van der Waals surface area contributed by atoms with E-state index in [0.29, 0.717) is 23.1 Å². The third kappa shape index (κ3) is 3.00. The van der Waals surface area contributed by atoms with Crippen molar-refractivity contribution in [2.75, 3.05) is 6.61 Å².